The van der Waals surface area contributed by atoms with Gasteiger partial charge in [0.25, 0.3) is 0 Å². The number of hydrogen-bond donors (Lipinski definition) is 1. The first kappa shape index (κ1) is 9.24. The fourth-order valence-corrected chi connectivity index (χ4v) is 2.10. The summed E-state index contributed by atoms with van der Waals surface area (Å²) in [5.41, 5.74) is 5.75. The van der Waals surface area contributed by atoms with E-state index in [1.165, 1.54) is 6.42 Å². The van der Waals surface area contributed by atoms with Crippen LogP contribution >= 0.6 is 0 Å². The lowest BCUT2D eigenvalue weighted by molar-refractivity contribution is 0.168. The van der Waals surface area contributed by atoms with Crippen LogP contribution in [-0.2, 0) is 0 Å². The van der Waals surface area contributed by atoms with Crippen LogP contribution in [0, 0.1) is 5.92 Å². The minimum Gasteiger partial charge on any atom is -0.385 e. The number of nitrogens with zero attached hydrogens (tertiary/aromatic N) is 2. The molecule has 1 aliphatic carbocycles. The summed E-state index contributed by atoms with van der Waals surface area (Å²) in [6.45, 7) is 4.18. The second kappa shape index (κ2) is 3.44. The number of nitrogens with two attached hydrogens (primary N) is 1. The average molecular weight is 193 g/mol. The van der Waals surface area contributed by atoms with Crippen molar-refractivity contribution in [2.24, 2.45) is 16.6 Å². The van der Waals surface area contributed by atoms with Crippen LogP contribution in [0.4, 0.5) is 4.79 Å². The van der Waals surface area contributed by atoms with Gasteiger partial charge in [-0.15, -0.1) is 6.58 Å². The highest BCUT2D eigenvalue weighted by Gasteiger charge is 2.40. The van der Waals surface area contributed by atoms with E-state index in [4.69, 9.17) is 5.73 Å². The Labute approximate surface area is 83.5 Å². The summed E-state index contributed by atoms with van der Waals surface area (Å²) in [4.78, 5) is 17.0. The highest BCUT2D eigenvalue weighted by Crippen LogP contribution is 2.34. The lowest BCUT2D eigenvalue weighted by Crippen LogP contribution is -2.47. The van der Waals surface area contributed by atoms with Gasteiger partial charge in [0.05, 0.1) is 6.04 Å². The van der Waals surface area contributed by atoms with Crippen molar-refractivity contribution in [2.45, 2.75) is 25.3 Å². The van der Waals surface area contributed by atoms with Gasteiger partial charge in [-0.1, -0.05) is 12.5 Å². The van der Waals surface area contributed by atoms with Gasteiger partial charge >= 0.3 is 6.03 Å². The second-order valence-corrected chi connectivity index (χ2v) is 3.90. The van der Waals surface area contributed by atoms with Gasteiger partial charge in [-0.05, 0) is 18.8 Å². The number of urea groups is 1. The van der Waals surface area contributed by atoms with Crippen molar-refractivity contribution in [3.63, 3.8) is 0 Å². The van der Waals surface area contributed by atoms with Crippen molar-refractivity contribution < 1.29 is 4.79 Å². The third kappa shape index (κ3) is 1.31. The Bertz CT molecular complexity index is 294. The first-order chi connectivity index (χ1) is 6.74. The normalized spacial score (nSPS) is 27.4. The van der Waals surface area contributed by atoms with Crippen molar-refractivity contribution in [2.75, 3.05) is 6.54 Å². The minimum absolute atomic E-state index is 0.0363. The molecular weight excluding hydrogens is 178 g/mol. The molecule has 1 unspecified atom stereocenters. The van der Waals surface area contributed by atoms with Crippen LogP contribution < -0.4 is 5.73 Å². The third-order valence-corrected chi connectivity index (χ3v) is 3.03. The maximum absolute atomic E-state index is 11.4. The van der Waals surface area contributed by atoms with Crippen LogP contribution in [0.25, 0.3) is 0 Å². The molecule has 76 valence electrons. The highest BCUT2D eigenvalue weighted by atomic mass is 16.2. The Kier molecular flexibility index (Phi) is 2.27. The minimum atomic E-state index is -0.209. The molecule has 4 heteroatoms. The summed E-state index contributed by atoms with van der Waals surface area (Å²) in [5, 5.41) is 0. The molecule has 2 amide bonds. The predicted octanol–water partition coefficient (Wildman–Crippen LogP) is 1.13. The standard InChI is InChI=1S/C10H15N3O/c1-2-6-13-8(7-4-3-5-7)9(11)12-10(13)14/h2,7-8H,1,3-6H2,(H2,11,12,14). The maximum Gasteiger partial charge on any atom is 0.346 e. The molecule has 0 radical (unpaired) electrons. The van der Waals surface area contributed by atoms with E-state index < -0.39 is 0 Å². The van der Waals surface area contributed by atoms with E-state index >= 15 is 0 Å². The first-order valence-electron chi connectivity index (χ1n) is 4.99. The molecule has 0 bridgehead atoms. The average Bonchev–Trinajstić information content (AvgIpc) is 2.29. The maximum atomic E-state index is 11.4. The van der Waals surface area contributed by atoms with E-state index in [1.807, 2.05) is 0 Å². The Morgan fingerprint density at radius 3 is 2.86 bits per heavy atom. The number of carbonyl (C=O) groups excluding carboxylic acids is 1. The SMILES string of the molecule is C=CCN1C(=O)N=C(N)C1C1CCC1. The number of amides is 2. The van der Waals surface area contributed by atoms with Crippen molar-refractivity contribution in [3.8, 4) is 0 Å². The number of rotatable bonds is 3. The third-order valence-electron chi connectivity index (χ3n) is 3.03. The molecule has 0 saturated heterocycles. The molecule has 0 spiro atoms. The Balaban J connectivity index is 2.13. The van der Waals surface area contributed by atoms with E-state index in [-0.39, 0.29) is 12.1 Å². The summed E-state index contributed by atoms with van der Waals surface area (Å²) in [6.07, 6.45) is 5.27. The van der Waals surface area contributed by atoms with Crippen molar-refractivity contribution in [3.05, 3.63) is 12.7 Å². The van der Waals surface area contributed by atoms with E-state index in [1.54, 1.807) is 11.0 Å². The van der Waals surface area contributed by atoms with Gasteiger partial charge in [0.1, 0.15) is 5.84 Å². The van der Waals surface area contributed by atoms with Crippen LogP contribution in [-0.4, -0.2) is 29.4 Å². The molecule has 2 aliphatic rings. The largest absolute Gasteiger partial charge is 0.385 e. The monoisotopic (exact) mass is 193 g/mol. The zero-order valence-corrected chi connectivity index (χ0v) is 8.15. The summed E-state index contributed by atoms with van der Waals surface area (Å²) in [7, 11) is 0. The molecule has 0 aromatic carbocycles. The quantitative estimate of drug-likeness (QED) is 0.683. The second-order valence-electron chi connectivity index (χ2n) is 3.90. The zero-order chi connectivity index (χ0) is 10.1. The Hall–Kier alpha value is -1.32. The molecule has 1 fully saturated rings. The van der Waals surface area contributed by atoms with Crippen LogP contribution in [0.2, 0.25) is 0 Å². The Morgan fingerprint density at radius 2 is 2.36 bits per heavy atom. The molecule has 0 aromatic heterocycles. The molecule has 4 nitrogen and oxygen atoms in total. The fraction of sp³-hybridized carbons (Fsp3) is 0.600. The van der Waals surface area contributed by atoms with Crippen LogP contribution in [0.5, 0.6) is 0 Å². The summed E-state index contributed by atoms with van der Waals surface area (Å²) in [5.74, 6) is 1.01. The molecule has 2 N–H and O–H groups in total. The van der Waals surface area contributed by atoms with Crippen molar-refractivity contribution >= 4 is 11.9 Å². The smallest absolute Gasteiger partial charge is 0.346 e. The highest BCUT2D eigenvalue weighted by molar-refractivity contribution is 6.03. The molecule has 1 saturated carbocycles. The molecule has 1 atom stereocenters. The van der Waals surface area contributed by atoms with Gasteiger partial charge < -0.3 is 10.6 Å². The van der Waals surface area contributed by atoms with E-state index in [0.29, 0.717) is 18.3 Å². The van der Waals surface area contributed by atoms with Crippen LogP contribution in [0.3, 0.4) is 0 Å². The first-order valence-corrected chi connectivity index (χ1v) is 4.99. The van der Waals surface area contributed by atoms with Gasteiger partial charge in [-0.3, -0.25) is 0 Å². The molecule has 1 aliphatic heterocycles. The zero-order valence-electron chi connectivity index (χ0n) is 8.15. The number of aliphatic imine (C=N–C) groups is 1. The summed E-state index contributed by atoms with van der Waals surface area (Å²) < 4.78 is 0. The lowest BCUT2D eigenvalue weighted by Gasteiger charge is -2.35. The number of amidine groups is 1. The van der Waals surface area contributed by atoms with E-state index in [9.17, 15) is 4.79 Å². The molecular formula is C10H15N3O. The lowest BCUT2D eigenvalue weighted by atomic mass is 9.79. The van der Waals surface area contributed by atoms with Crippen LogP contribution in [0.1, 0.15) is 19.3 Å². The van der Waals surface area contributed by atoms with Crippen molar-refractivity contribution in [1.29, 1.82) is 0 Å². The van der Waals surface area contributed by atoms with Crippen molar-refractivity contribution in [1.82, 2.24) is 4.90 Å². The fourth-order valence-electron chi connectivity index (χ4n) is 2.10. The van der Waals surface area contributed by atoms with Gasteiger partial charge in [-0.25, -0.2) is 4.79 Å². The van der Waals surface area contributed by atoms with Crippen LogP contribution in [0.15, 0.2) is 17.6 Å². The van der Waals surface area contributed by atoms with Gasteiger partial charge in [0.15, 0.2) is 0 Å². The number of carbonyl (C=O) groups is 1. The number of hydrogen-bond acceptors (Lipinski definition) is 2. The molecule has 2 rings (SSSR count). The molecule has 14 heavy (non-hydrogen) atoms. The topological polar surface area (TPSA) is 58.7 Å². The summed E-state index contributed by atoms with van der Waals surface area (Å²) >= 11 is 0. The Morgan fingerprint density at radius 1 is 1.64 bits per heavy atom. The van der Waals surface area contributed by atoms with Gasteiger partial charge in [0.2, 0.25) is 0 Å². The molecule has 0 aromatic rings. The predicted molar refractivity (Wildman–Crippen MR) is 55.1 cm³/mol. The molecule has 1 heterocycles. The van der Waals surface area contributed by atoms with E-state index in [0.717, 1.165) is 12.8 Å². The van der Waals surface area contributed by atoms with E-state index in [2.05, 4.69) is 11.6 Å². The van der Waals surface area contributed by atoms with Gasteiger partial charge in [-0.2, -0.15) is 4.99 Å². The summed E-state index contributed by atoms with van der Waals surface area (Å²) in [6, 6.07) is -0.173. The van der Waals surface area contributed by atoms with Gasteiger partial charge in [0, 0.05) is 6.54 Å².